The molecule has 1 aromatic rings. The van der Waals surface area contributed by atoms with Crippen LogP contribution in [0.2, 0.25) is 0 Å². The van der Waals surface area contributed by atoms with Crippen LogP contribution in [0.15, 0.2) is 17.0 Å². The highest BCUT2D eigenvalue weighted by Crippen LogP contribution is 2.35. The minimum atomic E-state index is -0.708. The van der Waals surface area contributed by atoms with Crippen LogP contribution in [0.3, 0.4) is 0 Å². The van der Waals surface area contributed by atoms with E-state index in [1.807, 2.05) is 0 Å². The van der Waals surface area contributed by atoms with Gasteiger partial charge in [0.05, 0.1) is 13.4 Å². The minimum absolute atomic E-state index is 0.188. The molecule has 20 heavy (non-hydrogen) atoms. The van der Waals surface area contributed by atoms with Gasteiger partial charge >= 0.3 is 5.69 Å². The number of nitrogens with zero attached hydrogens (tertiary/aromatic N) is 2. The van der Waals surface area contributed by atoms with E-state index in [-0.39, 0.29) is 4.91 Å². The molecule has 1 N–H and O–H groups in total. The summed E-state index contributed by atoms with van der Waals surface area (Å²) in [7, 11) is 1.36. The number of amides is 2. The van der Waals surface area contributed by atoms with E-state index in [1.165, 1.54) is 19.2 Å². The third-order valence-electron chi connectivity index (χ3n) is 2.55. The van der Waals surface area contributed by atoms with Gasteiger partial charge in [-0.05, 0) is 52.1 Å². The van der Waals surface area contributed by atoms with E-state index in [0.717, 1.165) is 22.7 Å². The van der Waals surface area contributed by atoms with Crippen molar-refractivity contribution in [1.82, 2.24) is 4.90 Å². The lowest BCUT2D eigenvalue weighted by Crippen LogP contribution is -2.22. The number of aromatic hydroxyl groups is 1. The number of nitro benzene ring substituents is 1. The second kappa shape index (κ2) is 5.40. The first-order chi connectivity index (χ1) is 9.31. The zero-order valence-corrected chi connectivity index (χ0v) is 13.0. The third-order valence-corrected chi connectivity index (χ3v) is 4.33. The fourth-order valence-corrected chi connectivity index (χ4v) is 2.99. The molecule has 9 heteroatoms. The number of carbonyl (C=O) groups excluding carboxylic acids is 2. The Labute approximate surface area is 130 Å². The molecule has 0 saturated carbocycles. The largest absolute Gasteiger partial charge is 0.501 e. The van der Waals surface area contributed by atoms with Crippen LogP contribution in [-0.4, -0.2) is 33.1 Å². The molecule has 0 spiro atoms. The molecule has 2 amide bonds. The molecule has 1 heterocycles. The van der Waals surface area contributed by atoms with Crippen LogP contribution in [0, 0.1) is 13.7 Å². The first-order valence-electron chi connectivity index (χ1n) is 5.19. The second-order valence-corrected chi connectivity index (χ2v) is 6.02. The van der Waals surface area contributed by atoms with Crippen molar-refractivity contribution >= 4 is 57.3 Å². The number of likely N-dealkylation sites (N-methyl/N-ethyl adjacent to an activating group) is 1. The molecule has 104 valence electrons. The molecular formula is C11H7IN2O5S. The summed E-state index contributed by atoms with van der Waals surface area (Å²) in [6, 6.07) is 2.65. The molecule has 1 aliphatic rings. The number of hydrogen-bond donors (Lipinski definition) is 1. The number of benzene rings is 1. The van der Waals surface area contributed by atoms with Gasteiger partial charge in [-0.25, -0.2) is 0 Å². The predicted molar refractivity (Wildman–Crippen MR) is 81.2 cm³/mol. The monoisotopic (exact) mass is 406 g/mol. The van der Waals surface area contributed by atoms with Gasteiger partial charge in [0.15, 0.2) is 0 Å². The number of imide groups is 1. The molecule has 0 aliphatic carbocycles. The summed E-state index contributed by atoms with van der Waals surface area (Å²) < 4.78 is 0.291. The zero-order chi connectivity index (χ0) is 15.0. The lowest BCUT2D eigenvalue weighted by molar-refractivity contribution is -0.386. The fourth-order valence-electron chi connectivity index (χ4n) is 1.52. The molecule has 0 aromatic heterocycles. The summed E-state index contributed by atoms with van der Waals surface area (Å²) in [6.07, 6.45) is 1.39. The molecule has 0 unspecified atom stereocenters. The Kier molecular flexibility index (Phi) is 3.99. The Morgan fingerprint density at radius 1 is 1.45 bits per heavy atom. The maximum Gasteiger partial charge on any atom is 0.312 e. The van der Waals surface area contributed by atoms with Crippen molar-refractivity contribution in [2.75, 3.05) is 7.05 Å². The predicted octanol–water partition coefficient (Wildman–Crippen LogP) is 2.57. The topological polar surface area (TPSA) is 101 Å². The highest BCUT2D eigenvalue weighted by molar-refractivity contribution is 14.1. The van der Waals surface area contributed by atoms with E-state index in [9.17, 15) is 24.8 Å². The standard InChI is InChI=1S/C11H7IN2O5S/c1-13-10(16)8(20-11(13)17)4-5-2-6(12)9(15)7(3-5)14(18)19/h2-4,15H,1H3/b8-4-. The lowest BCUT2D eigenvalue weighted by Gasteiger charge is -2.03. The average molecular weight is 406 g/mol. The first-order valence-corrected chi connectivity index (χ1v) is 7.09. The van der Waals surface area contributed by atoms with Gasteiger partial charge in [0.25, 0.3) is 11.1 Å². The highest BCUT2D eigenvalue weighted by atomic mass is 127. The zero-order valence-electron chi connectivity index (χ0n) is 9.99. The van der Waals surface area contributed by atoms with Gasteiger partial charge in [-0.2, -0.15) is 0 Å². The van der Waals surface area contributed by atoms with Crippen molar-refractivity contribution in [3.8, 4) is 5.75 Å². The fraction of sp³-hybridized carbons (Fsp3) is 0.0909. The Balaban J connectivity index is 2.48. The van der Waals surface area contributed by atoms with E-state index < -0.39 is 27.5 Å². The first kappa shape index (κ1) is 14.8. The average Bonchev–Trinajstić information content (AvgIpc) is 2.61. The summed E-state index contributed by atoms with van der Waals surface area (Å²) >= 11 is 2.52. The molecule has 1 fully saturated rings. The highest BCUT2D eigenvalue weighted by Gasteiger charge is 2.32. The van der Waals surface area contributed by atoms with E-state index in [0.29, 0.717) is 9.13 Å². The molecule has 0 radical (unpaired) electrons. The van der Waals surface area contributed by atoms with Gasteiger partial charge in [0, 0.05) is 13.1 Å². The van der Waals surface area contributed by atoms with E-state index in [2.05, 4.69) is 0 Å². The number of phenols is 1. The van der Waals surface area contributed by atoms with Crippen molar-refractivity contribution in [2.24, 2.45) is 0 Å². The van der Waals surface area contributed by atoms with E-state index >= 15 is 0 Å². The summed E-state index contributed by atoms with van der Waals surface area (Å²) in [5.74, 6) is -0.873. The van der Waals surface area contributed by atoms with Gasteiger partial charge in [-0.1, -0.05) is 0 Å². The molecule has 7 nitrogen and oxygen atoms in total. The van der Waals surface area contributed by atoms with Crippen LogP contribution in [0.1, 0.15) is 5.56 Å². The Morgan fingerprint density at radius 2 is 2.10 bits per heavy atom. The molecular weight excluding hydrogens is 399 g/mol. The smallest absolute Gasteiger partial charge is 0.312 e. The molecule has 1 aromatic carbocycles. The quantitative estimate of drug-likeness (QED) is 0.351. The van der Waals surface area contributed by atoms with Crippen molar-refractivity contribution < 1.29 is 19.6 Å². The number of carbonyl (C=O) groups is 2. The van der Waals surface area contributed by atoms with Gasteiger partial charge in [-0.15, -0.1) is 0 Å². The molecule has 1 saturated heterocycles. The normalized spacial score (nSPS) is 17.1. The summed E-state index contributed by atoms with van der Waals surface area (Å²) in [4.78, 5) is 34.3. The van der Waals surface area contributed by atoms with E-state index in [1.54, 1.807) is 22.6 Å². The Bertz CT molecular complexity index is 673. The number of halogens is 1. The SMILES string of the molecule is CN1C(=O)S/C(=C\c2cc(I)c(O)c([N+](=O)[O-])c2)C1=O. The number of rotatable bonds is 2. The molecule has 0 atom stereocenters. The Hall–Kier alpha value is -1.62. The van der Waals surface area contributed by atoms with Gasteiger partial charge in [0.2, 0.25) is 5.75 Å². The summed E-state index contributed by atoms with van der Waals surface area (Å²) in [5.41, 5.74) is -0.0725. The lowest BCUT2D eigenvalue weighted by atomic mass is 10.1. The van der Waals surface area contributed by atoms with Gasteiger partial charge in [0.1, 0.15) is 0 Å². The molecule has 1 aliphatic heterocycles. The van der Waals surface area contributed by atoms with Crippen LogP contribution < -0.4 is 0 Å². The molecule has 2 rings (SSSR count). The van der Waals surface area contributed by atoms with Crippen molar-refractivity contribution in [2.45, 2.75) is 0 Å². The van der Waals surface area contributed by atoms with Crippen LogP contribution in [-0.2, 0) is 4.79 Å². The number of nitro groups is 1. The van der Waals surface area contributed by atoms with Crippen molar-refractivity contribution in [3.63, 3.8) is 0 Å². The second-order valence-electron chi connectivity index (χ2n) is 3.87. The van der Waals surface area contributed by atoms with Crippen LogP contribution >= 0.6 is 34.4 Å². The summed E-state index contributed by atoms with van der Waals surface area (Å²) in [6.45, 7) is 0. The minimum Gasteiger partial charge on any atom is -0.501 e. The van der Waals surface area contributed by atoms with Crippen molar-refractivity contribution in [3.05, 3.63) is 36.3 Å². The maximum absolute atomic E-state index is 11.7. The number of hydrogen-bond acceptors (Lipinski definition) is 6. The van der Waals surface area contributed by atoms with Gasteiger partial charge in [-0.3, -0.25) is 24.6 Å². The van der Waals surface area contributed by atoms with E-state index in [4.69, 9.17) is 0 Å². The van der Waals surface area contributed by atoms with Crippen molar-refractivity contribution in [1.29, 1.82) is 0 Å². The summed E-state index contributed by atoms with van der Waals surface area (Å²) in [5, 5.41) is 20.0. The van der Waals surface area contributed by atoms with Crippen LogP contribution in [0.4, 0.5) is 10.5 Å². The number of phenolic OH excluding ortho intramolecular Hbond substituents is 1. The molecule has 0 bridgehead atoms. The third kappa shape index (κ3) is 2.63. The maximum atomic E-state index is 11.7. The number of thioether (sulfide) groups is 1. The van der Waals surface area contributed by atoms with Gasteiger partial charge < -0.3 is 5.11 Å². The van der Waals surface area contributed by atoms with Crippen LogP contribution in [0.5, 0.6) is 5.75 Å². The Morgan fingerprint density at radius 3 is 2.60 bits per heavy atom. The van der Waals surface area contributed by atoms with Crippen LogP contribution in [0.25, 0.3) is 6.08 Å².